The van der Waals surface area contributed by atoms with E-state index in [9.17, 15) is 9.59 Å². The number of amides is 2. The largest absolute Gasteiger partial charge is 0.347 e. The second-order valence-electron chi connectivity index (χ2n) is 3.77. The van der Waals surface area contributed by atoms with E-state index >= 15 is 0 Å². The van der Waals surface area contributed by atoms with Crippen LogP contribution in [0.1, 0.15) is 17.4 Å². The molecular formula is C11H14ClN3O2. The molecule has 1 heterocycles. The van der Waals surface area contributed by atoms with E-state index in [4.69, 9.17) is 11.6 Å². The molecule has 0 aliphatic heterocycles. The predicted molar refractivity (Wildman–Crippen MR) is 64.9 cm³/mol. The minimum Gasteiger partial charge on any atom is -0.347 e. The van der Waals surface area contributed by atoms with Gasteiger partial charge in [0.1, 0.15) is 16.9 Å². The summed E-state index contributed by atoms with van der Waals surface area (Å²) in [6.45, 7) is 1.62. The van der Waals surface area contributed by atoms with Crippen molar-refractivity contribution < 1.29 is 9.59 Å². The van der Waals surface area contributed by atoms with Gasteiger partial charge in [0.25, 0.3) is 5.91 Å². The van der Waals surface area contributed by atoms with Gasteiger partial charge in [-0.3, -0.25) is 9.59 Å². The second kappa shape index (κ2) is 5.63. The Kier molecular flexibility index (Phi) is 4.45. The maximum Gasteiger partial charge on any atom is 0.270 e. The summed E-state index contributed by atoms with van der Waals surface area (Å²) in [6.07, 6.45) is 0. The monoisotopic (exact) mass is 255 g/mol. The zero-order valence-corrected chi connectivity index (χ0v) is 10.7. The molecule has 1 aromatic heterocycles. The topological polar surface area (TPSA) is 62.3 Å². The van der Waals surface area contributed by atoms with Crippen molar-refractivity contribution in [2.75, 3.05) is 14.1 Å². The fraction of sp³-hybridized carbons (Fsp3) is 0.364. The van der Waals surface area contributed by atoms with Crippen molar-refractivity contribution in [2.45, 2.75) is 13.0 Å². The number of carbonyl (C=O) groups is 2. The molecule has 0 spiro atoms. The molecule has 1 aromatic rings. The quantitative estimate of drug-likeness (QED) is 0.818. The minimum absolute atomic E-state index is 0.180. The lowest BCUT2D eigenvalue weighted by atomic mass is 10.2. The Bertz CT molecular complexity index is 434. The highest BCUT2D eigenvalue weighted by Crippen LogP contribution is 2.05. The van der Waals surface area contributed by atoms with Gasteiger partial charge in [-0.05, 0) is 19.1 Å². The lowest BCUT2D eigenvalue weighted by Gasteiger charge is -2.17. The standard InChI is InChI=1S/C11H14ClN3O2/c1-7(11(17)15(2)3)13-10(16)8-5-4-6-9(12)14-8/h4-7H,1-3H3,(H,13,16). The first-order chi connectivity index (χ1) is 7.91. The van der Waals surface area contributed by atoms with Crippen LogP contribution in [0.2, 0.25) is 5.15 Å². The van der Waals surface area contributed by atoms with Crippen LogP contribution in [0.15, 0.2) is 18.2 Å². The smallest absolute Gasteiger partial charge is 0.270 e. The van der Waals surface area contributed by atoms with Crippen LogP contribution in [-0.4, -0.2) is 41.8 Å². The van der Waals surface area contributed by atoms with E-state index in [1.807, 2.05) is 0 Å². The zero-order valence-electron chi connectivity index (χ0n) is 9.90. The molecule has 1 rings (SSSR count). The van der Waals surface area contributed by atoms with Crippen LogP contribution in [-0.2, 0) is 4.79 Å². The molecule has 1 unspecified atom stereocenters. The van der Waals surface area contributed by atoms with Crippen LogP contribution in [0.25, 0.3) is 0 Å². The minimum atomic E-state index is -0.599. The number of hydrogen-bond donors (Lipinski definition) is 1. The van der Waals surface area contributed by atoms with E-state index in [1.165, 1.54) is 11.0 Å². The molecule has 5 nitrogen and oxygen atoms in total. The van der Waals surface area contributed by atoms with E-state index in [0.717, 1.165) is 0 Å². The third-order valence-corrected chi connectivity index (χ3v) is 2.32. The number of nitrogens with zero attached hydrogens (tertiary/aromatic N) is 2. The van der Waals surface area contributed by atoms with Gasteiger partial charge in [-0.1, -0.05) is 17.7 Å². The Balaban J connectivity index is 2.70. The highest BCUT2D eigenvalue weighted by molar-refractivity contribution is 6.29. The lowest BCUT2D eigenvalue weighted by Crippen LogP contribution is -2.44. The van der Waals surface area contributed by atoms with Crippen molar-refractivity contribution in [3.63, 3.8) is 0 Å². The number of hydrogen-bond acceptors (Lipinski definition) is 3. The van der Waals surface area contributed by atoms with E-state index in [-0.39, 0.29) is 16.8 Å². The van der Waals surface area contributed by atoms with Gasteiger partial charge in [-0.25, -0.2) is 4.98 Å². The number of rotatable bonds is 3. The van der Waals surface area contributed by atoms with Crippen LogP contribution < -0.4 is 5.32 Å². The van der Waals surface area contributed by atoms with Gasteiger partial charge in [0.05, 0.1) is 0 Å². The first-order valence-corrected chi connectivity index (χ1v) is 5.44. The highest BCUT2D eigenvalue weighted by Gasteiger charge is 2.18. The predicted octanol–water partition coefficient (Wildman–Crippen LogP) is 0.942. The van der Waals surface area contributed by atoms with Crippen LogP contribution in [0.5, 0.6) is 0 Å². The SMILES string of the molecule is CC(NC(=O)c1cccc(Cl)n1)C(=O)N(C)C. The van der Waals surface area contributed by atoms with Gasteiger partial charge < -0.3 is 10.2 Å². The zero-order chi connectivity index (χ0) is 13.0. The van der Waals surface area contributed by atoms with Gasteiger partial charge in [0, 0.05) is 14.1 Å². The molecule has 0 bridgehead atoms. The Morgan fingerprint density at radius 1 is 1.41 bits per heavy atom. The third-order valence-electron chi connectivity index (χ3n) is 2.11. The molecule has 0 aliphatic rings. The van der Waals surface area contributed by atoms with Crippen LogP contribution in [0, 0.1) is 0 Å². The number of carbonyl (C=O) groups excluding carboxylic acids is 2. The number of aromatic nitrogens is 1. The summed E-state index contributed by atoms with van der Waals surface area (Å²) in [7, 11) is 3.26. The van der Waals surface area contributed by atoms with E-state index in [0.29, 0.717) is 0 Å². The molecule has 0 radical (unpaired) electrons. The van der Waals surface area contributed by atoms with Crippen LogP contribution >= 0.6 is 11.6 Å². The Labute approximate surface area is 105 Å². The van der Waals surface area contributed by atoms with Gasteiger partial charge >= 0.3 is 0 Å². The van der Waals surface area contributed by atoms with Crippen molar-refractivity contribution in [1.82, 2.24) is 15.2 Å². The van der Waals surface area contributed by atoms with Crippen LogP contribution in [0.4, 0.5) is 0 Å². The summed E-state index contributed by atoms with van der Waals surface area (Å²) in [6, 6.07) is 4.14. The summed E-state index contributed by atoms with van der Waals surface area (Å²) in [5.74, 6) is -0.601. The molecule has 92 valence electrons. The van der Waals surface area contributed by atoms with Crippen molar-refractivity contribution in [3.8, 4) is 0 Å². The van der Waals surface area contributed by atoms with Crippen LogP contribution in [0.3, 0.4) is 0 Å². The number of pyridine rings is 1. The molecule has 0 fully saturated rings. The summed E-state index contributed by atoms with van der Waals surface area (Å²) in [5.41, 5.74) is 0.191. The third kappa shape index (κ3) is 3.71. The Morgan fingerprint density at radius 3 is 2.59 bits per heavy atom. The van der Waals surface area contributed by atoms with E-state index < -0.39 is 11.9 Å². The molecule has 0 saturated heterocycles. The molecular weight excluding hydrogens is 242 g/mol. The second-order valence-corrected chi connectivity index (χ2v) is 4.16. The molecule has 17 heavy (non-hydrogen) atoms. The molecule has 1 N–H and O–H groups in total. The highest BCUT2D eigenvalue weighted by atomic mass is 35.5. The van der Waals surface area contributed by atoms with E-state index in [1.54, 1.807) is 33.2 Å². The molecule has 0 aliphatic carbocycles. The van der Waals surface area contributed by atoms with Crippen molar-refractivity contribution in [3.05, 3.63) is 29.0 Å². The van der Waals surface area contributed by atoms with E-state index in [2.05, 4.69) is 10.3 Å². The average molecular weight is 256 g/mol. The van der Waals surface area contributed by atoms with Gasteiger partial charge in [-0.15, -0.1) is 0 Å². The van der Waals surface area contributed by atoms with Gasteiger partial charge in [0.15, 0.2) is 0 Å². The number of likely N-dealkylation sites (N-methyl/N-ethyl adjacent to an activating group) is 1. The van der Waals surface area contributed by atoms with Gasteiger partial charge in [0.2, 0.25) is 5.91 Å². The maximum atomic E-state index is 11.7. The summed E-state index contributed by atoms with van der Waals surface area (Å²) in [5, 5.41) is 2.79. The Morgan fingerprint density at radius 2 is 2.06 bits per heavy atom. The molecule has 6 heteroatoms. The normalized spacial score (nSPS) is 11.8. The van der Waals surface area contributed by atoms with Crippen molar-refractivity contribution >= 4 is 23.4 Å². The molecule has 0 aromatic carbocycles. The molecule has 1 atom stereocenters. The first-order valence-electron chi connectivity index (χ1n) is 5.06. The number of nitrogens with one attached hydrogen (secondary N) is 1. The fourth-order valence-electron chi connectivity index (χ4n) is 1.25. The van der Waals surface area contributed by atoms with Crippen molar-refractivity contribution in [1.29, 1.82) is 0 Å². The Hall–Kier alpha value is -1.62. The summed E-state index contributed by atoms with van der Waals surface area (Å²) < 4.78 is 0. The number of halogens is 1. The summed E-state index contributed by atoms with van der Waals surface area (Å²) >= 11 is 5.67. The summed E-state index contributed by atoms with van der Waals surface area (Å²) in [4.78, 5) is 28.5. The fourth-order valence-corrected chi connectivity index (χ4v) is 1.42. The van der Waals surface area contributed by atoms with Crippen molar-refractivity contribution in [2.24, 2.45) is 0 Å². The molecule has 2 amide bonds. The average Bonchev–Trinajstić information content (AvgIpc) is 2.27. The lowest BCUT2D eigenvalue weighted by molar-refractivity contribution is -0.130. The maximum absolute atomic E-state index is 11.7. The molecule has 0 saturated carbocycles. The first kappa shape index (κ1) is 13.4. The van der Waals surface area contributed by atoms with Gasteiger partial charge in [-0.2, -0.15) is 0 Å².